The molecule has 0 aromatic carbocycles. The molecule has 1 aromatic rings. The van der Waals surface area contributed by atoms with Gasteiger partial charge in [-0.2, -0.15) is 5.10 Å². The molecule has 1 heterocycles. The number of carbonyl (C=O) groups excluding carboxylic acids is 1. The zero-order valence-corrected chi connectivity index (χ0v) is 11.7. The molecule has 5 heteroatoms. The lowest BCUT2D eigenvalue weighted by Crippen LogP contribution is -2.29. The molecule has 5 nitrogen and oxygen atoms in total. The molecule has 0 bridgehead atoms. The molecule has 0 radical (unpaired) electrons. The Labute approximate surface area is 119 Å². The Morgan fingerprint density at radius 3 is 2.55 bits per heavy atom. The first-order chi connectivity index (χ1) is 9.78. The first-order valence-electron chi connectivity index (χ1n) is 7.86. The summed E-state index contributed by atoms with van der Waals surface area (Å²) in [5.41, 5.74) is 1.06. The molecule has 108 valence electrons. The Morgan fingerprint density at radius 2 is 1.95 bits per heavy atom. The summed E-state index contributed by atoms with van der Waals surface area (Å²) in [7, 11) is 0. The van der Waals surface area contributed by atoms with Crippen molar-refractivity contribution in [1.82, 2.24) is 15.1 Å². The summed E-state index contributed by atoms with van der Waals surface area (Å²) in [4.78, 5) is 11.7. The third-order valence-corrected chi connectivity index (χ3v) is 4.47. The summed E-state index contributed by atoms with van der Waals surface area (Å²) in [6, 6.07) is 1.05. The number of rotatable bonds is 7. The Kier molecular flexibility index (Phi) is 2.93. The molecule has 2 N–H and O–H groups in total. The van der Waals surface area contributed by atoms with E-state index in [1.165, 1.54) is 25.7 Å². The molecule has 0 atom stereocenters. The number of nitrogens with zero attached hydrogens (tertiary/aromatic N) is 2. The van der Waals surface area contributed by atoms with Gasteiger partial charge in [-0.1, -0.05) is 0 Å². The maximum Gasteiger partial charge on any atom is 0.241 e. The van der Waals surface area contributed by atoms with Gasteiger partial charge in [0.05, 0.1) is 11.9 Å². The van der Waals surface area contributed by atoms with Crippen molar-refractivity contribution >= 4 is 11.6 Å². The standard InChI is InChI=1S/C15H22N4O/c20-14(17-12-5-6-12)9-19-8-13(7-16-19)18-15(10-1-2-10)11-3-4-11/h7-8,10-12,15,18H,1-6,9H2,(H,17,20). The van der Waals surface area contributed by atoms with Crippen LogP contribution in [0.4, 0.5) is 5.69 Å². The van der Waals surface area contributed by atoms with Crippen LogP contribution in [0.2, 0.25) is 0 Å². The molecular weight excluding hydrogens is 252 g/mol. The second kappa shape index (κ2) is 4.79. The van der Waals surface area contributed by atoms with E-state index in [2.05, 4.69) is 15.7 Å². The molecule has 1 amide bonds. The van der Waals surface area contributed by atoms with Crippen molar-refractivity contribution in [2.45, 2.75) is 57.2 Å². The van der Waals surface area contributed by atoms with Gasteiger partial charge in [0.15, 0.2) is 0 Å². The molecule has 4 rings (SSSR count). The highest BCUT2D eigenvalue weighted by Crippen LogP contribution is 2.45. The van der Waals surface area contributed by atoms with Gasteiger partial charge in [0.25, 0.3) is 0 Å². The number of hydrogen-bond acceptors (Lipinski definition) is 3. The summed E-state index contributed by atoms with van der Waals surface area (Å²) in [6.45, 7) is 0.329. The lowest BCUT2D eigenvalue weighted by molar-refractivity contribution is -0.122. The minimum absolute atomic E-state index is 0.0723. The van der Waals surface area contributed by atoms with Gasteiger partial charge in [-0.3, -0.25) is 9.48 Å². The monoisotopic (exact) mass is 274 g/mol. The lowest BCUT2D eigenvalue weighted by Gasteiger charge is -2.17. The predicted molar refractivity (Wildman–Crippen MR) is 76.3 cm³/mol. The van der Waals surface area contributed by atoms with Crippen LogP contribution in [0.3, 0.4) is 0 Å². The molecule has 3 fully saturated rings. The zero-order valence-electron chi connectivity index (χ0n) is 11.7. The van der Waals surface area contributed by atoms with Crippen LogP contribution in [0.15, 0.2) is 12.4 Å². The van der Waals surface area contributed by atoms with E-state index in [1.807, 2.05) is 12.4 Å². The Hall–Kier alpha value is -1.52. The summed E-state index contributed by atoms with van der Waals surface area (Å²) < 4.78 is 1.73. The molecule has 20 heavy (non-hydrogen) atoms. The number of anilines is 1. The minimum Gasteiger partial charge on any atom is -0.379 e. The fourth-order valence-corrected chi connectivity index (χ4v) is 2.90. The molecule has 1 aromatic heterocycles. The van der Waals surface area contributed by atoms with Crippen LogP contribution >= 0.6 is 0 Å². The molecule has 3 saturated carbocycles. The Balaban J connectivity index is 1.33. The van der Waals surface area contributed by atoms with Gasteiger partial charge in [0.2, 0.25) is 5.91 Å². The predicted octanol–water partition coefficient (Wildman–Crippen LogP) is 1.76. The largest absolute Gasteiger partial charge is 0.379 e. The van der Waals surface area contributed by atoms with Gasteiger partial charge >= 0.3 is 0 Å². The van der Waals surface area contributed by atoms with Crippen LogP contribution in [0.1, 0.15) is 38.5 Å². The van der Waals surface area contributed by atoms with E-state index in [9.17, 15) is 4.79 Å². The molecule has 0 saturated heterocycles. The number of hydrogen-bond donors (Lipinski definition) is 2. The fraction of sp³-hybridized carbons (Fsp3) is 0.733. The highest BCUT2D eigenvalue weighted by molar-refractivity contribution is 5.76. The topological polar surface area (TPSA) is 59.0 Å². The van der Waals surface area contributed by atoms with Crippen molar-refractivity contribution in [3.63, 3.8) is 0 Å². The number of nitrogens with one attached hydrogen (secondary N) is 2. The van der Waals surface area contributed by atoms with Crippen LogP contribution in [0.5, 0.6) is 0 Å². The number of amides is 1. The van der Waals surface area contributed by atoms with E-state index in [0.29, 0.717) is 18.6 Å². The maximum atomic E-state index is 11.7. The highest BCUT2D eigenvalue weighted by Gasteiger charge is 2.41. The van der Waals surface area contributed by atoms with Gasteiger partial charge in [-0.05, 0) is 50.4 Å². The van der Waals surface area contributed by atoms with E-state index < -0.39 is 0 Å². The van der Waals surface area contributed by atoms with Gasteiger partial charge in [-0.15, -0.1) is 0 Å². The van der Waals surface area contributed by atoms with Crippen molar-refractivity contribution < 1.29 is 4.79 Å². The van der Waals surface area contributed by atoms with Gasteiger partial charge in [-0.25, -0.2) is 0 Å². The molecular formula is C15H22N4O. The Morgan fingerprint density at radius 1 is 1.25 bits per heavy atom. The third-order valence-electron chi connectivity index (χ3n) is 4.47. The van der Waals surface area contributed by atoms with Gasteiger partial charge in [0, 0.05) is 18.3 Å². The van der Waals surface area contributed by atoms with E-state index in [1.54, 1.807) is 4.68 Å². The summed E-state index contributed by atoms with van der Waals surface area (Å²) in [5.74, 6) is 1.80. The SMILES string of the molecule is O=C(Cn1cc(NC(C2CC2)C2CC2)cn1)NC1CC1. The average Bonchev–Trinajstić information content (AvgIpc) is 3.26. The summed E-state index contributed by atoms with van der Waals surface area (Å²) in [5, 5.41) is 10.9. The quantitative estimate of drug-likeness (QED) is 0.796. The first-order valence-corrected chi connectivity index (χ1v) is 7.86. The highest BCUT2D eigenvalue weighted by atomic mass is 16.2. The van der Waals surface area contributed by atoms with Crippen molar-refractivity contribution in [3.8, 4) is 0 Å². The van der Waals surface area contributed by atoms with E-state index in [-0.39, 0.29) is 5.91 Å². The van der Waals surface area contributed by atoms with Crippen LogP contribution in [0.25, 0.3) is 0 Å². The van der Waals surface area contributed by atoms with E-state index in [4.69, 9.17) is 0 Å². The summed E-state index contributed by atoms with van der Waals surface area (Å²) >= 11 is 0. The fourth-order valence-electron chi connectivity index (χ4n) is 2.90. The first kappa shape index (κ1) is 12.2. The van der Waals surface area contributed by atoms with Crippen LogP contribution in [0, 0.1) is 11.8 Å². The number of carbonyl (C=O) groups is 1. The molecule has 0 spiro atoms. The van der Waals surface area contributed by atoms with Crippen molar-refractivity contribution in [2.24, 2.45) is 11.8 Å². The zero-order chi connectivity index (χ0) is 13.5. The van der Waals surface area contributed by atoms with E-state index >= 15 is 0 Å². The molecule has 3 aliphatic carbocycles. The molecule has 0 unspecified atom stereocenters. The van der Waals surface area contributed by atoms with Crippen LogP contribution < -0.4 is 10.6 Å². The van der Waals surface area contributed by atoms with Crippen molar-refractivity contribution in [2.75, 3.05) is 5.32 Å². The summed E-state index contributed by atoms with van der Waals surface area (Å²) in [6.07, 6.45) is 11.5. The lowest BCUT2D eigenvalue weighted by atomic mass is 10.1. The molecule has 3 aliphatic rings. The van der Waals surface area contributed by atoms with E-state index in [0.717, 1.165) is 30.4 Å². The normalized spacial score (nSPS) is 22.1. The van der Waals surface area contributed by atoms with Crippen molar-refractivity contribution in [1.29, 1.82) is 0 Å². The Bertz CT molecular complexity index is 488. The second-order valence-electron chi connectivity index (χ2n) is 6.61. The second-order valence-corrected chi connectivity index (χ2v) is 6.61. The average molecular weight is 274 g/mol. The maximum absolute atomic E-state index is 11.7. The minimum atomic E-state index is 0.0723. The number of aromatic nitrogens is 2. The van der Waals surface area contributed by atoms with Crippen LogP contribution in [-0.2, 0) is 11.3 Å². The smallest absolute Gasteiger partial charge is 0.241 e. The van der Waals surface area contributed by atoms with Gasteiger partial charge < -0.3 is 10.6 Å². The van der Waals surface area contributed by atoms with Gasteiger partial charge in [0.1, 0.15) is 6.54 Å². The molecule has 0 aliphatic heterocycles. The third kappa shape index (κ3) is 2.97. The van der Waals surface area contributed by atoms with Crippen molar-refractivity contribution in [3.05, 3.63) is 12.4 Å². The van der Waals surface area contributed by atoms with Crippen LogP contribution in [-0.4, -0.2) is 27.8 Å².